The van der Waals surface area contributed by atoms with Gasteiger partial charge in [-0.3, -0.25) is 4.79 Å². The first-order valence-corrected chi connectivity index (χ1v) is 8.98. The number of carbonyl (C=O) groups excluding carboxylic acids is 1. The molecule has 1 unspecified atom stereocenters. The third kappa shape index (κ3) is 5.05. The smallest absolute Gasteiger partial charge is 0.257 e. The first-order valence-electron chi connectivity index (χ1n) is 6.41. The van der Waals surface area contributed by atoms with Gasteiger partial charge in [-0.05, 0) is 24.5 Å². The lowest BCUT2D eigenvalue weighted by atomic mass is 10.1. The van der Waals surface area contributed by atoms with E-state index >= 15 is 0 Å². The maximum atomic E-state index is 11.7. The second-order valence-corrected chi connectivity index (χ2v) is 8.01. The molecule has 0 spiro atoms. The fourth-order valence-electron chi connectivity index (χ4n) is 2.07. The van der Waals surface area contributed by atoms with Crippen LogP contribution in [0.4, 0.5) is 0 Å². The van der Waals surface area contributed by atoms with Crippen LogP contribution in [-0.4, -0.2) is 39.0 Å². The lowest BCUT2D eigenvalue weighted by Crippen LogP contribution is -2.33. The molecule has 1 atom stereocenters. The second kappa shape index (κ2) is 6.85. The largest absolute Gasteiger partial charge is 0.482 e. The van der Waals surface area contributed by atoms with Crippen molar-refractivity contribution in [2.45, 2.75) is 6.42 Å². The van der Waals surface area contributed by atoms with Gasteiger partial charge in [0.05, 0.1) is 16.5 Å². The van der Waals surface area contributed by atoms with Crippen molar-refractivity contribution in [2.75, 3.05) is 24.7 Å². The number of benzene rings is 1. The van der Waals surface area contributed by atoms with Crippen LogP contribution in [0.1, 0.15) is 6.42 Å². The molecule has 1 amide bonds. The normalized spacial score (nSPS) is 20.2. The summed E-state index contributed by atoms with van der Waals surface area (Å²) < 4.78 is 27.9. The van der Waals surface area contributed by atoms with Crippen molar-refractivity contribution in [1.29, 1.82) is 0 Å². The Hall–Kier alpha value is -0.980. The highest BCUT2D eigenvalue weighted by Crippen LogP contribution is 2.27. The van der Waals surface area contributed by atoms with Gasteiger partial charge in [0.25, 0.3) is 5.91 Å². The van der Waals surface area contributed by atoms with Crippen molar-refractivity contribution in [3.05, 3.63) is 28.2 Å². The maximum absolute atomic E-state index is 11.7. The molecule has 0 bridgehead atoms. The maximum Gasteiger partial charge on any atom is 0.257 e. The molecule has 0 saturated carbocycles. The Balaban J connectivity index is 1.76. The van der Waals surface area contributed by atoms with Crippen LogP contribution in [0.2, 0.25) is 10.0 Å². The summed E-state index contributed by atoms with van der Waals surface area (Å²) in [5.41, 5.74) is 0. The number of halogens is 2. The van der Waals surface area contributed by atoms with E-state index in [1.54, 1.807) is 12.1 Å². The standard InChI is InChI=1S/C13H15Cl2NO4S/c14-10-1-2-11(15)12(5-10)20-7-13(17)16-6-9-3-4-21(18,19)8-9/h1-2,5,9H,3-4,6-8H2,(H,16,17). The van der Waals surface area contributed by atoms with Crippen LogP contribution in [0.15, 0.2) is 18.2 Å². The van der Waals surface area contributed by atoms with Crippen LogP contribution in [0.25, 0.3) is 0 Å². The molecule has 1 heterocycles. The monoisotopic (exact) mass is 351 g/mol. The van der Waals surface area contributed by atoms with Gasteiger partial charge in [-0.2, -0.15) is 0 Å². The first kappa shape index (κ1) is 16.4. The molecule has 1 fully saturated rings. The van der Waals surface area contributed by atoms with E-state index in [-0.39, 0.29) is 29.9 Å². The molecule has 5 nitrogen and oxygen atoms in total. The van der Waals surface area contributed by atoms with Gasteiger partial charge in [0.2, 0.25) is 0 Å². The molecular weight excluding hydrogens is 337 g/mol. The quantitative estimate of drug-likeness (QED) is 0.879. The Morgan fingerprint density at radius 1 is 1.38 bits per heavy atom. The number of carbonyl (C=O) groups is 1. The van der Waals surface area contributed by atoms with Crippen LogP contribution in [0, 0.1) is 5.92 Å². The minimum absolute atomic E-state index is 0.0197. The summed E-state index contributed by atoms with van der Waals surface area (Å²) in [5.74, 6) is 0.322. The summed E-state index contributed by atoms with van der Waals surface area (Å²) in [7, 11) is -2.92. The number of amides is 1. The first-order chi connectivity index (χ1) is 9.85. The minimum Gasteiger partial charge on any atom is -0.482 e. The van der Waals surface area contributed by atoms with Gasteiger partial charge in [0.1, 0.15) is 5.75 Å². The summed E-state index contributed by atoms with van der Waals surface area (Å²) in [4.78, 5) is 11.7. The fourth-order valence-corrected chi connectivity index (χ4v) is 4.27. The molecule has 8 heteroatoms. The highest BCUT2D eigenvalue weighted by molar-refractivity contribution is 7.91. The lowest BCUT2D eigenvalue weighted by Gasteiger charge is -2.11. The van der Waals surface area contributed by atoms with E-state index in [1.807, 2.05) is 0 Å². The number of hydrogen-bond acceptors (Lipinski definition) is 4. The summed E-state index contributed by atoms with van der Waals surface area (Å²) in [6.45, 7) is 0.143. The van der Waals surface area contributed by atoms with Crippen LogP contribution < -0.4 is 10.1 Å². The fraction of sp³-hybridized carbons (Fsp3) is 0.462. The highest BCUT2D eigenvalue weighted by atomic mass is 35.5. The molecule has 1 aromatic rings. The van der Waals surface area contributed by atoms with E-state index in [9.17, 15) is 13.2 Å². The average molecular weight is 352 g/mol. The molecule has 1 saturated heterocycles. The zero-order chi connectivity index (χ0) is 15.5. The second-order valence-electron chi connectivity index (χ2n) is 4.94. The third-order valence-corrected chi connectivity index (χ3v) is 5.55. The number of ether oxygens (including phenoxy) is 1. The third-order valence-electron chi connectivity index (χ3n) is 3.17. The number of nitrogens with one attached hydrogen (secondary N) is 1. The molecular formula is C13H15Cl2NO4S. The van der Waals surface area contributed by atoms with Crippen molar-refractivity contribution in [1.82, 2.24) is 5.32 Å². The summed E-state index contributed by atoms with van der Waals surface area (Å²) in [5, 5.41) is 3.50. The average Bonchev–Trinajstić information content (AvgIpc) is 2.77. The molecule has 0 radical (unpaired) electrons. The molecule has 116 valence electrons. The van der Waals surface area contributed by atoms with Crippen molar-refractivity contribution in [3.63, 3.8) is 0 Å². The minimum atomic E-state index is -2.92. The molecule has 2 rings (SSSR count). The molecule has 1 aliphatic rings. The van der Waals surface area contributed by atoms with Gasteiger partial charge in [-0.25, -0.2) is 8.42 Å². The van der Waals surface area contributed by atoms with Crippen molar-refractivity contribution in [2.24, 2.45) is 5.92 Å². The van der Waals surface area contributed by atoms with Gasteiger partial charge in [-0.15, -0.1) is 0 Å². The molecule has 21 heavy (non-hydrogen) atoms. The Morgan fingerprint density at radius 3 is 2.81 bits per heavy atom. The zero-order valence-electron chi connectivity index (χ0n) is 11.1. The van der Waals surface area contributed by atoms with E-state index in [1.165, 1.54) is 6.07 Å². The zero-order valence-corrected chi connectivity index (χ0v) is 13.5. The van der Waals surface area contributed by atoms with Gasteiger partial charge in [-0.1, -0.05) is 23.2 Å². The molecule has 0 aromatic heterocycles. The van der Waals surface area contributed by atoms with Gasteiger partial charge in [0.15, 0.2) is 16.4 Å². The van der Waals surface area contributed by atoms with E-state index in [0.717, 1.165) is 0 Å². The molecule has 1 aliphatic heterocycles. The van der Waals surface area contributed by atoms with Gasteiger partial charge in [0, 0.05) is 17.6 Å². The van der Waals surface area contributed by atoms with Gasteiger partial charge >= 0.3 is 0 Å². The highest BCUT2D eigenvalue weighted by Gasteiger charge is 2.27. The summed E-state index contributed by atoms with van der Waals surface area (Å²) in [6.07, 6.45) is 0.587. The number of rotatable bonds is 5. The Morgan fingerprint density at radius 2 is 2.14 bits per heavy atom. The van der Waals surface area contributed by atoms with E-state index in [4.69, 9.17) is 27.9 Å². The van der Waals surface area contributed by atoms with Gasteiger partial charge < -0.3 is 10.1 Å². The Labute approximate surface area is 133 Å². The van der Waals surface area contributed by atoms with Crippen molar-refractivity contribution in [3.8, 4) is 5.75 Å². The molecule has 0 aliphatic carbocycles. The predicted octanol–water partition coefficient (Wildman–Crippen LogP) is 1.92. The van der Waals surface area contributed by atoms with Crippen LogP contribution in [-0.2, 0) is 14.6 Å². The molecule has 1 N–H and O–H groups in total. The van der Waals surface area contributed by atoms with Crippen molar-refractivity contribution >= 4 is 38.9 Å². The number of hydrogen-bond donors (Lipinski definition) is 1. The Bertz CT molecular complexity index is 633. The topological polar surface area (TPSA) is 72.5 Å². The lowest BCUT2D eigenvalue weighted by molar-refractivity contribution is -0.123. The number of sulfone groups is 1. The van der Waals surface area contributed by atoms with Crippen LogP contribution in [0.5, 0.6) is 5.75 Å². The Kier molecular flexibility index (Phi) is 5.35. The van der Waals surface area contributed by atoms with E-state index < -0.39 is 9.84 Å². The summed E-state index contributed by atoms with van der Waals surface area (Å²) >= 11 is 11.7. The van der Waals surface area contributed by atoms with Crippen LogP contribution in [0.3, 0.4) is 0 Å². The summed E-state index contributed by atoms with van der Waals surface area (Å²) in [6, 6.07) is 4.73. The van der Waals surface area contributed by atoms with Crippen molar-refractivity contribution < 1.29 is 17.9 Å². The van der Waals surface area contributed by atoms with Crippen LogP contribution >= 0.6 is 23.2 Å². The van der Waals surface area contributed by atoms with E-state index in [0.29, 0.717) is 28.8 Å². The predicted molar refractivity (Wildman–Crippen MR) is 81.7 cm³/mol. The molecule has 1 aromatic carbocycles. The van der Waals surface area contributed by atoms with E-state index in [2.05, 4.69) is 5.32 Å². The SMILES string of the molecule is O=C(COc1cc(Cl)ccc1Cl)NCC1CCS(=O)(=O)C1.